The summed E-state index contributed by atoms with van der Waals surface area (Å²) in [5.74, 6) is 0.724. The van der Waals surface area contributed by atoms with Crippen molar-refractivity contribution in [2.75, 3.05) is 7.11 Å². The van der Waals surface area contributed by atoms with Gasteiger partial charge in [-0.3, -0.25) is 4.79 Å². The number of methoxy groups -OCH3 is 1. The third kappa shape index (κ3) is 1.48. The Balaban J connectivity index is 2.65. The Morgan fingerprint density at radius 1 is 1.40 bits per heavy atom. The minimum Gasteiger partial charge on any atom is -0.495 e. The maximum Gasteiger partial charge on any atom is 0.163 e. The molecule has 0 aromatic heterocycles. The molecule has 15 heavy (non-hydrogen) atoms. The van der Waals surface area contributed by atoms with Gasteiger partial charge in [0, 0.05) is 17.5 Å². The van der Waals surface area contributed by atoms with Crippen LogP contribution in [0, 0.1) is 11.3 Å². The lowest BCUT2D eigenvalue weighted by molar-refractivity contribution is 0.0971. The van der Waals surface area contributed by atoms with Crippen molar-refractivity contribution >= 4 is 5.78 Å². The Morgan fingerprint density at radius 3 is 2.87 bits per heavy atom. The van der Waals surface area contributed by atoms with E-state index in [9.17, 15) is 4.79 Å². The molecule has 0 fully saturated rings. The van der Waals surface area contributed by atoms with Crippen LogP contribution in [0.2, 0.25) is 0 Å². The third-order valence-corrected chi connectivity index (χ3v) is 2.72. The number of fused-ring (bicyclic) bond motifs is 1. The van der Waals surface area contributed by atoms with Crippen molar-refractivity contribution in [1.82, 2.24) is 0 Å². The Hall–Kier alpha value is -1.82. The molecule has 1 aromatic rings. The second kappa shape index (κ2) is 3.74. The average molecular weight is 201 g/mol. The fraction of sp³-hybridized carbons (Fsp3) is 0.333. The van der Waals surface area contributed by atoms with Crippen molar-refractivity contribution in [3.63, 3.8) is 0 Å². The van der Waals surface area contributed by atoms with Crippen LogP contribution in [0.4, 0.5) is 0 Å². The quantitative estimate of drug-likeness (QED) is 0.699. The van der Waals surface area contributed by atoms with Gasteiger partial charge in [-0.1, -0.05) is 0 Å². The molecular formula is C12H11NO2. The van der Waals surface area contributed by atoms with Crippen LogP contribution in [-0.4, -0.2) is 12.9 Å². The lowest BCUT2D eigenvalue weighted by Gasteiger charge is -2.18. The summed E-state index contributed by atoms with van der Waals surface area (Å²) in [7, 11) is 1.54. The largest absolute Gasteiger partial charge is 0.495 e. The number of carbonyl (C=O) groups is 1. The summed E-state index contributed by atoms with van der Waals surface area (Å²) in [4.78, 5) is 11.6. The van der Waals surface area contributed by atoms with Gasteiger partial charge in [-0.25, -0.2) is 0 Å². The zero-order valence-corrected chi connectivity index (χ0v) is 8.54. The number of hydrogen-bond acceptors (Lipinski definition) is 3. The van der Waals surface area contributed by atoms with Crippen LogP contribution in [0.25, 0.3) is 0 Å². The molecule has 1 aliphatic rings. The number of Topliss-reactive ketones (excluding diaryl/α,β-unsaturated/α-hetero) is 1. The van der Waals surface area contributed by atoms with Crippen molar-refractivity contribution in [2.45, 2.75) is 19.3 Å². The smallest absolute Gasteiger partial charge is 0.163 e. The first-order valence-corrected chi connectivity index (χ1v) is 4.91. The molecule has 0 unspecified atom stereocenters. The summed E-state index contributed by atoms with van der Waals surface area (Å²) in [6, 6.07) is 5.46. The molecule has 76 valence electrons. The van der Waals surface area contributed by atoms with Gasteiger partial charge in [0.25, 0.3) is 0 Å². The molecular weight excluding hydrogens is 190 g/mol. The van der Waals surface area contributed by atoms with Gasteiger partial charge in [0.2, 0.25) is 0 Å². The lowest BCUT2D eigenvalue weighted by atomic mass is 9.88. The maximum absolute atomic E-state index is 11.6. The highest BCUT2D eigenvalue weighted by Crippen LogP contribution is 2.32. The summed E-state index contributed by atoms with van der Waals surface area (Å²) in [5.41, 5.74) is 2.12. The fourth-order valence-electron chi connectivity index (χ4n) is 2.02. The molecule has 0 bridgehead atoms. The average Bonchev–Trinajstić information content (AvgIpc) is 2.28. The molecule has 0 spiro atoms. The van der Waals surface area contributed by atoms with Gasteiger partial charge in [-0.05, 0) is 25.0 Å². The third-order valence-electron chi connectivity index (χ3n) is 2.72. The Bertz CT molecular complexity index is 457. The normalized spacial score (nSPS) is 14.3. The second-order valence-corrected chi connectivity index (χ2v) is 3.56. The lowest BCUT2D eigenvalue weighted by Crippen LogP contribution is -2.12. The van der Waals surface area contributed by atoms with E-state index in [0.717, 1.165) is 24.0 Å². The van der Waals surface area contributed by atoms with E-state index in [1.54, 1.807) is 12.1 Å². The van der Waals surface area contributed by atoms with E-state index in [2.05, 4.69) is 6.07 Å². The summed E-state index contributed by atoms with van der Waals surface area (Å²) < 4.78 is 5.21. The van der Waals surface area contributed by atoms with Crippen LogP contribution < -0.4 is 4.74 Å². The van der Waals surface area contributed by atoms with E-state index in [4.69, 9.17) is 10.00 Å². The van der Waals surface area contributed by atoms with Gasteiger partial charge in [-0.2, -0.15) is 5.26 Å². The van der Waals surface area contributed by atoms with Gasteiger partial charge in [0.1, 0.15) is 11.8 Å². The Kier molecular flexibility index (Phi) is 2.42. The van der Waals surface area contributed by atoms with Gasteiger partial charge in [0.15, 0.2) is 5.78 Å². The second-order valence-electron chi connectivity index (χ2n) is 3.56. The number of nitriles is 1. The first kappa shape index (κ1) is 9.72. The van der Waals surface area contributed by atoms with Crippen LogP contribution in [0.1, 0.15) is 34.3 Å². The fourth-order valence-corrected chi connectivity index (χ4v) is 2.02. The summed E-state index contributed by atoms with van der Waals surface area (Å²) in [6.45, 7) is 0. The van der Waals surface area contributed by atoms with Gasteiger partial charge in [0.05, 0.1) is 12.7 Å². The highest BCUT2D eigenvalue weighted by molar-refractivity contribution is 5.99. The molecule has 0 atom stereocenters. The molecule has 0 aliphatic heterocycles. The summed E-state index contributed by atoms with van der Waals surface area (Å²) in [5, 5.41) is 8.90. The zero-order valence-electron chi connectivity index (χ0n) is 8.54. The molecule has 0 heterocycles. The van der Waals surface area contributed by atoms with Crippen LogP contribution >= 0.6 is 0 Å². The van der Waals surface area contributed by atoms with Gasteiger partial charge < -0.3 is 4.74 Å². The number of ether oxygens (including phenoxy) is 1. The summed E-state index contributed by atoms with van der Waals surface area (Å²) in [6.07, 6.45) is 2.26. The highest BCUT2D eigenvalue weighted by Gasteiger charge is 2.22. The van der Waals surface area contributed by atoms with E-state index in [1.165, 1.54) is 7.11 Å². The molecule has 3 nitrogen and oxygen atoms in total. The van der Waals surface area contributed by atoms with Crippen molar-refractivity contribution in [3.8, 4) is 11.8 Å². The number of rotatable bonds is 1. The van der Waals surface area contributed by atoms with Gasteiger partial charge in [-0.15, -0.1) is 0 Å². The number of benzene rings is 1. The molecule has 0 radical (unpaired) electrons. The zero-order chi connectivity index (χ0) is 10.8. The van der Waals surface area contributed by atoms with Gasteiger partial charge >= 0.3 is 0 Å². The molecule has 0 saturated carbocycles. The SMILES string of the molecule is COc1c(C#N)ccc2c1CCCC2=O. The topological polar surface area (TPSA) is 50.1 Å². The summed E-state index contributed by atoms with van der Waals surface area (Å²) >= 11 is 0. The van der Waals surface area contributed by atoms with E-state index in [0.29, 0.717) is 17.7 Å². The molecule has 0 saturated heterocycles. The van der Waals surface area contributed by atoms with Crippen LogP contribution in [-0.2, 0) is 6.42 Å². The highest BCUT2D eigenvalue weighted by atomic mass is 16.5. The van der Waals surface area contributed by atoms with E-state index in [1.807, 2.05) is 0 Å². The molecule has 3 heteroatoms. The molecule has 1 aliphatic carbocycles. The van der Waals surface area contributed by atoms with Crippen molar-refractivity contribution in [1.29, 1.82) is 5.26 Å². The Morgan fingerprint density at radius 2 is 2.20 bits per heavy atom. The van der Waals surface area contributed by atoms with Crippen molar-refractivity contribution in [3.05, 3.63) is 28.8 Å². The Labute approximate surface area is 88.3 Å². The molecule has 0 amide bonds. The molecule has 1 aromatic carbocycles. The van der Waals surface area contributed by atoms with E-state index >= 15 is 0 Å². The monoisotopic (exact) mass is 201 g/mol. The standard InChI is InChI=1S/C12H11NO2/c1-15-12-8(7-13)5-6-9-10(12)3-2-4-11(9)14/h5-6H,2-4H2,1H3. The van der Waals surface area contributed by atoms with Crippen molar-refractivity contribution < 1.29 is 9.53 Å². The molecule has 0 N–H and O–H groups in total. The van der Waals surface area contributed by atoms with E-state index < -0.39 is 0 Å². The van der Waals surface area contributed by atoms with Crippen LogP contribution in [0.3, 0.4) is 0 Å². The maximum atomic E-state index is 11.6. The molecule has 2 rings (SSSR count). The van der Waals surface area contributed by atoms with Crippen LogP contribution in [0.15, 0.2) is 12.1 Å². The van der Waals surface area contributed by atoms with Crippen LogP contribution in [0.5, 0.6) is 5.75 Å². The first-order valence-electron chi connectivity index (χ1n) is 4.91. The minimum absolute atomic E-state index is 0.152. The number of carbonyl (C=O) groups excluding carboxylic acids is 1. The number of ketones is 1. The first-order chi connectivity index (χ1) is 7.27. The van der Waals surface area contributed by atoms with E-state index in [-0.39, 0.29) is 5.78 Å². The predicted octanol–water partition coefficient (Wildman–Crippen LogP) is 2.09. The predicted molar refractivity (Wildman–Crippen MR) is 55.0 cm³/mol. The van der Waals surface area contributed by atoms with Crippen molar-refractivity contribution in [2.24, 2.45) is 0 Å². The minimum atomic E-state index is 0.152. The number of nitrogens with zero attached hydrogens (tertiary/aromatic N) is 1. The number of hydrogen-bond donors (Lipinski definition) is 0.